The summed E-state index contributed by atoms with van der Waals surface area (Å²) in [5.74, 6) is 6.23. The molecule has 1 N–H and O–H groups in total. The zero-order chi connectivity index (χ0) is 15.9. The number of anilines is 1. The molecular formula is C18H18N2O2. The Labute approximate surface area is 130 Å². The van der Waals surface area contributed by atoms with Gasteiger partial charge in [-0.25, -0.2) is 9.86 Å². The van der Waals surface area contributed by atoms with Crippen LogP contribution in [0.3, 0.4) is 0 Å². The van der Waals surface area contributed by atoms with Crippen molar-refractivity contribution in [3.8, 4) is 11.8 Å². The zero-order valence-corrected chi connectivity index (χ0v) is 12.9. The Bertz CT molecular complexity index is 712. The summed E-state index contributed by atoms with van der Waals surface area (Å²) in [6.07, 6.45) is 0. The van der Waals surface area contributed by atoms with Gasteiger partial charge in [-0.05, 0) is 48.9 Å². The second-order valence-corrected chi connectivity index (χ2v) is 4.81. The van der Waals surface area contributed by atoms with E-state index in [1.54, 1.807) is 0 Å². The van der Waals surface area contributed by atoms with Crippen LogP contribution in [0.25, 0.3) is 0 Å². The quantitative estimate of drug-likeness (QED) is 0.681. The number of amides is 2. The van der Waals surface area contributed by atoms with Gasteiger partial charge in [0.1, 0.15) is 0 Å². The molecular weight excluding hydrogens is 276 g/mol. The molecule has 0 unspecified atom stereocenters. The number of benzene rings is 2. The van der Waals surface area contributed by atoms with Crippen molar-refractivity contribution in [2.24, 2.45) is 0 Å². The Morgan fingerprint density at radius 3 is 2.41 bits per heavy atom. The van der Waals surface area contributed by atoms with Crippen LogP contribution in [0.5, 0.6) is 0 Å². The third kappa shape index (κ3) is 4.37. The van der Waals surface area contributed by atoms with Crippen molar-refractivity contribution in [1.82, 2.24) is 5.06 Å². The minimum Gasteiger partial charge on any atom is -0.306 e. The molecule has 0 saturated carbocycles. The molecule has 0 aromatic heterocycles. The summed E-state index contributed by atoms with van der Waals surface area (Å²) < 4.78 is 0. The maximum Gasteiger partial charge on any atom is 0.345 e. The standard InChI is InChI=1S/C18H18N2O2/c1-14-5-4-6-16(13-14)8-7-15-9-11-17(12-10-15)19-18(21)20(2)22-3/h4-6,9-13H,1-3H3,(H,19,21). The Morgan fingerprint density at radius 2 is 1.77 bits per heavy atom. The van der Waals surface area contributed by atoms with E-state index in [0.717, 1.165) is 16.2 Å². The maximum absolute atomic E-state index is 11.6. The molecule has 22 heavy (non-hydrogen) atoms. The van der Waals surface area contributed by atoms with E-state index in [1.165, 1.54) is 19.7 Å². The molecule has 0 saturated heterocycles. The van der Waals surface area contributed by atoms with Crippen molar-refractivity contribution >= 4 is 11.7 Å². The second kappa shape index (κ2) is 7.30. The molecule has 2 amide bonds. The predicted octanol–water partition coefficient (Wildman–Crippen LogP) is 3.42. The van der Waals surface area contributed by atoms with Gasteiger partial charge >= 0.3 is 6.03 Å². The fourth-order valence-corrected chi connectivity index (χ4v) is 1.79. The normalized spacial score (nSPS) is 9.59. The van der Waals surface area contributed by atoms with Gasteiger partial charge in [0.2, 0.25) is 0 Å². The molecule has 4 heteroatoms. The average Bonchev–Trinajstić information content (AvgIpc) is 2.53. The summed E-state index contributed by atoms with van der Waals surface area (Å²) in [4.78, 5) is 16.4. The largest absolute Gasteiger partial charge is 0.345 e. The Balaban J connectivity index is 2.05. The lowest BCUT2D eigenvalue weighted by atomic mass is 10.1. The van der Waals surface area contributed by atoms with E-state index >= 15 is 0 Å². The fourth-order valence-electron chi connectivity index (χ4n) is 1.79. The molecule has 2 aromatic rings. The number of nitrogens with zero attached hydrogens (tertiary/aromatic N) is 1. The molecule has 0 fully saturated rings. The zero-order valence-electron chi connectivity index (χ0n) is 12.9. The molecule has 2 aromatic carbocycles. The molecule has 2 rings (SSSR count). The highest BCUT2D eigenvalue weighted by molar-refractivity contribution is 5.88. The first-order valence-corrected chi connectivity index (χ1v) is 6.86. The average molecular weight is 294 g/mol. The lowest BCUT2D eigenvalue weighted by Gasteiger charge is -2.14. The van der Waals surface area contributed by atoms with E-state index in [4.69, 9.17) is 4.84 Å². The molecule has 0 spiro atoms. The summed E-state index contributed by atoms with van der Waals surface area (Å²) >= 11 is 0. The number of urea groups is 1. The minimum absolute atomic E-state index is 0.332. The van der Waals surface area contributed by atoms with Crippen molar-refractivity contribution in [3.05, 3.63) is 65.2 Å². The van der Waals surface area contributed by atoms with E-state index < -0.39 is 0 Å². The first-order chi connectivity index (χ1) is 10.6. The van der Waals surface area contributed by atoms with Gasteiger partial charge in [-0.1, -0.05) is 24.0 Å². The lowest BCUT2D eigenvalue weighted by Crippen LogP contribution is -2.30. The first-order valence-electron chi connectivity index (χ1n) is 6.86. The van der Waals surface area contributed by atoms with Crippen molar-refractivity contribution in [1.29, 1.82) is 0 Å². The van der Waals surface area contributed by atoms with Crippen LogP contribution in [-0.4, -0.2) is 25.3 Å². The van der Waals surface area contributed by atoms with Crippen LogP contribution < -0.4 is 5.32 Å². The van der Waals surface area contributed by atoms with Crippen LogP contribution in [0.4, 0.5) is 10.5 Å². The Morgan fingerprint density at radius 1 is 1.09 bits per heavy atom. The number of hydrogen-bond acceptors (Lipinski definition) is 2. The van der Waals surface area contributed by atoms with E-state index in [-0.39, 0.29) is 6.03 Å². The number of hydroxylamine groups is 2. The molecule has 0 aliphatic rings. The number of hydrogen-bond donors (Lipinski definition) is 1. The molecule has 0 bridgehead atoms. The summed E-state index contributed by atoms with van der Waals surface area (Å²) in [7, 11) is 2.97. The number of aryl methyl sites for hydroxylation is 1. The maximum atomic E-state index is 11.6. The van der Waals surface area contributed by atoms with E-state index in [2.05, 4.69) is 17.2 Å². The lowest BCUT2D eigenvalue weighted by molar-refractivity contribution is -0.0598. The van der Waals surface area contributed by atoms with Gasteiger partial charge in [-0.2, -0.15) is 0 Å². The van der Waals surface area contributed by atoms with Gasteiger partial charge in [0.05, 0.1) is 7.11 Å². The molecule has 4 nitrogen and oxygen atoms in total. The van der Waals surface area contributed by atoms with Crippen LogP contribution >= 0.6 is 0 Å². The van der Waals surface area contributed by atoms with Gasteiger partial charge in [-0.15, -0.1) is 0 Å². The highest BCUT2D eigenvalue weighted by Crippen LogP contribution is 2.10. The van der Waals surface area contributed by atoms with Crippen molar-refractivity contribution in [3.63, 3.8) is 0 Å². The monoisotopic (exact) mass is 294 g/mol. The van der Waals surface area contributed by atoms with Crippen molar-refractivity contribution in [2.45, 2.75) is 6.92 Å². The molecule has 112 valence electrons. The first kappa shape index (κ1) is 15.6. The Kier molecular flexibility index (Phi) is 5.18. The van der Waals surface area contributed by atoms with Crippen LogP contribution in [0.15, 0.2) is 48.5 Å². The third-order valence-electron chi connectivity index (χ3n) is 3.07. The Hall–Kier alpha value is -2.77. The van der Waals surface area contributed by atoms with E-state index in [0.29, 0.717) is 5.69 Å². The third-order valence-corrected chi connectivity index (χ3v) is 3.07. The summed E-state index contributed by atoms with van der Waals surface area (Å²) in [5.41, 5.74) is 3.75. The highest BCUT2D eigenvalue weighted by Gasteiger charge is 2.06. The van der Waals surface area contributed by atoms with Gasteiger partial charge in [-0.3, -0.25) is 4.84 Å². The number of nitrogens with one attached hydrogen (secondary N) is 1. The summed E-state index contributed by atoms with van der Waals surface area (Å²) in [6.45, 7) is 2.04. The van der Waals surface area contributed by atoms with Gasteiger partial charge in [0, 0.05) is 23.9 Å². The van der Waals surface area contributed by atoms with E-state index in [1.807, 2.05) is 55.5 Å². The number of rotatable bonds is 2. The highest BCUT2D eigenvalue weighted by atomic mass is 16.7. The topological polar surface area (TPSA) is 41.6 Å². The predicted molar refractivity (Wildman–Crippen MR) is 87.4 cm³/mol. The van der Waals surface area contributed by atoms with Crippen LogP contribution in [-0.2, 0) is 4.84 Å². The van der Waals surface area contributed by atoms with Gasteiger partial charge in [0.15, 0.2) is 0 Å². The van der Waals surface area contributed by atoms with Gasteiger partial charge < -0.3 is 5.32 Å². The second-order valence-electron chi connectivity index (χ2n) is 4.81. The molecule has 0 radical (unpaired) electrons. The summed E-state index contributed by atoms with van der Waals surface area (Å²) in [5, 5.41) is 3.83. The van der Waals surface area contributed by atoms with Crippen LogP contribution in [0.1, 0.15) is 16.7 Å². The van der Waals surface area contributed by atoms with Gasteiger partial charge in [0.25, 0.3) is 0 Å². The molecule has 0 aliphatic heterocycles. The minimum atomic E-state index is -0.332. The van der Waals surface area contributed by atoms with Crippen LogP contribution in [0, 0.1) is 18.8 Å². The molecule has 0 heterocycles. The smallest absolute Gasteiger partial charge is 0.306 e. The number of carbonyl (C=O) groups is 1. The van der Waals surface area contributed by atoms with Crippen LogP contribution in [0.2, 0.25) is 0 Å². The number of carbonyl (C=O) groups excluding carboxylic acids is 1. The molecule has 0 atom stereocenters. The summed E-state index contributed by atoms with van der Waals surface area (Å²) in [6, 6.07) is 15.1. The van der Waals surface area contributed by atoms with Crippen molar-refractivity contribution in [2.75, 3.05) is 19.5 Å². The fraction of sp³-hybridized carbons (Fsp3) is 0.167. The SMILES string of the molecule is CON(C)C(=O)Nc1ccc(C#Cc2cccc(C)c2)cc1. The van der Waals surface area contributed by atoms with E-state index in [9.17, 15) is 4.79 Å². The van der Waals surface area contributed by atoms with Crippen molar-refractivity contribution < 1.29 is 9.63 Å². The molecule has 0 aliphatic carbocycles.